The molecule has 0 radical (unpaired) electrons. The lowest BCUT2D eigenvalue weighted by molar-refractivity contribution is -0.129. The molecule has 0 spiro atoms. The van der Waals surface area contributed by atoms with E-state index in [-0.39, 0.29) is 24.5 Å². The number of rotatable bonds is 5. The molecule has 0 saturated carbocycles. The molecule has 0 aromatic heterocycles. The number of hydrogen-bond donors (Lipinski definition) is 1. The molecule has 1 aromatic rings. The van der Waals surface area contributed by atoms with Gasteiger partial charge in [0.05, 0.1) is 19.8 Å². The molecule has 1 N–H and O–H groups in total. The molecule has 2 amide bonds. The number of carbonyl (C=O) groups is 2. The second kappa shape index (κ2) is 7.08. The summed E-state index contributed by atoms with van der Waals surface area (Å²) in [5.41, 5.74) is 0.773. The van der Waals surface area contributed by atoms with E-state index in [0.29, 0.717) is 25.3 Å². The molecule has 0 aliphatic carbocycles. The topological polar surface area (TPSA) is 67.9 Å². The maximum absolute atomic E-state index is 12.0. The molecule has 1 heterocycles. The van der Waals surface area contributed by atoms with Gasteiger partial charge < -0.3 is 19.7 Å². The van der Waals surface area contributed by atoms with Gasteiger partial charge in [-0.25, -0.2) is 0 Å². The van der Waals surface area contributed by atoms with Crippen LogP contribution in [0.3, 0.4) is 0 Å². The maximum atomic E-state index is 12.0. The van der Waals surface area contributed by atoms with Gasteiger partial charge in [0.25, 0.3) is 5.91 Å². The molecule has 0 bridgehead atoms. The van der Waals surface area contributed by atoms with Crippen molar-refractivity contribution in [3.05, 3.63) is 24.3 Å². The van der Waals surface area contributed by atoms with Crippen LogP contribution >= 0.6 is 0 Å². The minimum absolute atomic E-state index is 0.0177. The molecule has 2 rings (SSSR count). The van der Waals surface area contributed by atoms with Gasteiger partial charge in [-0.2, -0.15) is 0 Å². The monoisotopic (exact) mass is 292 g/mol. The first-order valence-corrected chi connectivity index (χ1v) is 6.96. The van der Waals surface area contributed by atoms with Crippen molar-refractivity contribution in [2.24, 2.45) is 0 Å². The smallest absolute Gasteiger partial charge is 0.253 e. The van der Waals surface area contributed by atoms with Gasteiger partial charge in [0, 0.05) is 24.7 Å². The molecular formula is C15H20N2O4. The Bertz CT molecular complexity index is 518. The molecule has 21 heavy (non-hydrogen) atoms. The lowest BCUT2D eigenvalue weighted by atomic mass is 10.2. The summed E-state index contributed by atoms with van der Waals surface area (Å²) in [6, 6.07) is 7.33. The van der Waals surface area contributed by atoms with Crippen LogP contribution in [0, 0.1) is 0 Å². The van der Waals surface area contributed by atoms with Gasteiger partial charge in [-0.15, -0.1) is 0 Å². The first-order valence-electron chi connectivity index (χ1n) is 6.96. The van der Waals surface area contributed by atoms with E-state index in [9.17, 15) is 9.59 Å². The highest BCUT2D eigenvalue weighted by Gasteiger charge is 2.27. The van der Waals surface area contributed by atoms with Gasteiger partial charge in [-0.3, -0.25) is 9.59 Å². The molecular weight excluding hydrogens is 272 g/mol. The summed E-state index contributed by atoms with van der Waals surface area (Å²) in [5.74, 6) is 0.576. The highest BCUT2D eigenvalue weighted by molar-refractivity contribution is 5.95. The Morgan fingerprint density at radius 3 is 3.05 bits per heavy atom. The van der Waals surface area contributed by atoms with Gasteiger partial charge in [-0.05, 0) is 12.1 Å². The van der Waals surface area contributed by atoms with Crippen molar-refractivity contribution in [2.45, 2.75) is 19.4 Å². The van der Waals surface area contributed by atoms with Crippen LogP contribution in [0.5, 0.6) is 5.75 Å². The van der Waals surface area contributed by atoms with E-state index in [1.54, 1.807) is 18.9 Å². The van der Waals surface area contributed by atoms with Crippen molar-refractivity contribution >= 4 is 17.5 Å². The summed E-state index contributed by atoms with van der Waals surface area (Å²) in [4.78, 5) is 25.0. The summed E-state index contributed by atoms with van der Waals surface area (Å²) < 4.78 is 10.6. The Kier molecular flexibility index (Phi) is 5.16. The highest BCUT2D eigenvalue weighted by atomic mass is 16.5. The van der Waals surface area contributed by atoms with Crippen molar-refractivity contribution in [3.63, 3.8) is 0 Å². The van der Waals surface area contributed by atoms with Gasteiger partial charge in [0.2, 0.25) is 5.91 Å². The van der Waals surface area contributed by atoms with E-state index in [0.717, 1.165) is 5.69 Å². The van der Waals surface area contributed by atoms with Crippen molar-refractivity contribution < 1.29 is 19.1 Å². The standard InChI is InChI=1S/C15H20N2O4/c1-3-14(18)16-8-13-9-17(15(19)10-21-13)11-5-4-6-12(7-11)20-2/h4-7,13H,3,8-10H2,1-2H3,(H,16,18). The first kappa shape index (κ1) is 15.3. The summed E-state index contributed by atoms with van der Waals surface area (Å²) >= 11 is 0. The van der Waals surface area contributed by atoms with E-state index in [4.69, 9.17) is 9.47 Å². The van der Waals surface area contributed by atoms with Crippen LogP contribution in [0.4, 0.5) is 5.69 Å². The number of amides is 2. The number of benzene rings is 1. The number of carbonyl (C=O) groups excluding carboxylic acids is 2. The fourth-order valence-corrected chi connectivity index (χ4v) is 2.13. The predicted molar refractivity (Wildman–Crippen MR) is 78.4 cm³/mol. The normalized spacial score (nSPS) is 18.5. The molecule has 6 heteroatoms. The third-order valence-corrected chi connectivity index (χ3v) is 3.34. The molecule has 1 fully saturated rings. The van der Waals surface area contributed by atoms with Gasteiger partial charge >= 0.3 is 0 Å². The molecule has 1 unspecified atom stereocenters. The summed E-state index contributed by atoms with van der Waals surface area (Å²) in [6.45, 7) is 2.63. The molecule has 114 valence electrons. The molecule has 1 aliphatic rings. The van der Waals surface area contributed by atoms with E-state index in [2.05, 4.69) is 5.32 Å². The van der Waals surface area contributed by atoms with Crippen LogP contribution in [0.1, 0.15) is 13.3 Å². The van der Waals surface area contributed by atoms with Crippen LogP contribution in [0.2, 0.25) is 0 Å². The van der Waals surface area contributed by atoms with Crippen molar-refractivity contribution in [2.75, 3.05) is 31.7 Å². The molecule has 1 saturated heterocycles. The number of nitrogens with zero attached hydrogens (tertiary/aromatic N) is 1. The average molecular weight is 292 g/mol. The number of methoxy groups -OCH3 is 1. The van der Waals surface area contributed by atoms with Crippen LogP contribution < -0.4 is 15.0 Å². The van der Waals surface area contributed by atoms with Crippen LogP contribution in [-0.2, 0) is 14.3 Å². The Morgan fingerprint density at radius 2 is 2.33 bits per heavy atom. The predicted octanol–water partition coefficient (Wildman–Crippen LogP) is 0.953. The lowest BCUT2D eigenvalue weighted by Crippen LogP contribution is -2.50. The Morgan fingerprint density at radius 1 is 1.52 bits per heavy atom. The molecule has 1 atom stereocenters. The zero-order valence-electron chi connectivity index (χ0n) is 12.3. The van der Waals surface area contributed by atoms with Gasteiger partial charge in [-0.1, -0.05) is 13.0 Å². The Balaban J connectivity index is 2.03. The number of hydrogen-bond acceptors (Lipinski definition) is 4. The number of anilines is 1. The van der Waals surface area contributed by atoms with E-state index < -0.39 is 0 Å². The van der Waals surface area contributed by atoms with E-state index in [1.807, 2.05) is 24.3 Å². The van der Waals surface area contributed by atoms with E-state index in [1.165, 1.54) is 0 Å². The van der Waals surface area contributed by atoms with Crippen molar-refractivity contribution in [1.29, 1.82) is 0 Å². The van der Waals surface area contributed by atoms with E-state index >= 15 is 0 Å². The van der Waals surface area contributed by atoms with Crippen LogP contribution in [-0.4, -0.2) is 44.7 Å². The maximum Gasteiger partial charge on any atom is 0.253 e. The van der Waals surface area contributed by atoms with Crippen molar-refractivity contribution in [3.8, 4) is 5.75 Å². The number of morpholine rings is 1. The van der Waals surface area contributed by atoms with Gasteiger partial charge in [0.15, 0.2) is 0 Å². The van der Waals surface area contributed by atoms with Crippen molar-refractivity contribution in [1.82, 2.24) is 5.32 Å². The SMILES string of the molecule is CCC(=O)NCC1CN(c2cccc(OC)c2)C(=O)CO1. The fraction of sp³-hybridized carbons (Fsp3) is 0.467. The second-order valence-corrected chi connectivity index (χ2v) is 4.80. The Hall–Kier alpha value is -2.08. The summed E-state index contributed by atoms with van der Waals surface area (Å²) in [6.07, 6.45) is 0.232. The average Bonchev–Trinajstić information content (AvgIpc) is 2.53. The third-order valence-electron chi connectivity index (χ3n) is 3.34. The highest BCUT2D eigenvalue weighted by Crippen LogP contribution is 2.23. The zero-order valence-corrected chi connectivity index (χ0v) is 12.3. The summed E-state index contributed by atoms with van der Waals surface area (Å²) in [5, 5.41) is 2.78. The van der Waals surface area contributed by atoms with Crippen LogP contribution in [0.15, 0.2) is 24.3 Å². The number of nitrogens with one attached hydrogen (secondary N) is 1. The van der Waals surface area contributed by atoms with Crippen LogP contribution in [0.25, 0.3) is 0 Å². The minimum atomic E-state index is -0.204. The Labute approximate surface area is 124 Å². The number of ether oxygens (including phenoxy) is 2. The second-order valence-electron chi connectivity index (χ2n) is 4.80. The lowest BCUT2D eigenvalue weighted by Gasteiger charge is -2.33. The molecule has 6 nitrogen and oxygen atoms in total. The quantitative estimate of drug-likeness (QED) is 0.877. The van der Waals surface area contributed by atoms with Gasteiger partial charge in [0.1, 0.15) is 12.4 Å². The fourth-order valence-electron chi connectivity index (χ4n) is 2.13. The summed E-state index contributed by atoms with van der Waals surface area (Å²) in [7, 11) is 1.59. The first-order chi connectivity index (χ1) is 10.1. The third kappa shape index (κ3) is 3.95. The largest absolute Gasteiger partial charge is 0.497 e. The molecule has 1 aromatic carbocycles. The zero-order chi connectivity index (χ0) is 15.2. The minimum Gasteiger partial charge on any atom is -0.497 e. The molecule has 1 aliphatic heterocycles.